The first-order valence-corrected chi connectivity index (χ1v) is 7.08. The lowest BCUT2D eigenvalue weighted by atomic mass is 10.1. The molecule has 0 heterocycles. The maximum atomic E-state index is 5.37. The van der Waals surface area contributed by atoms with Crippen LogP contribution in [0.3, 0.4) is 0 Å². The molecule has 2 heteroatoms. The minimum atomic E-state index is 0.0963. The number of hydrogen-bond donors (Lipinski definition) is 1. The van der Waals surface area contributed by atoms with Crippen molar-refractivity contribution >= 4 is 12.6 Å². The van der Waals surface area contributed by atoms with Gasteiger partial charge in [0.15, 0.2) is 0 Å². The van der Waals surface area contributed by atoms with Crippen molar-refractivity contribution < 1.29 is 4.74 Å². The molecule has 92 valence electrons. The van der Waals surface area contributed by atoms with Gasteiger partial charge in [-0.25, -0.2) is 0 Å². The van der Waals surface area contributed by atoms with Crippen molar-refractivity contribution in [3.63, 3.8) is 0 Å². The summed E-state index contributed by atoms with van der Waals surface area (Å²) in [6.07, 6.45) is 12.3. The molecule has 0 saturated carbocycles. The highest BCUT2D eigenvalue weighted by Crippen LogP contribution is 2.09. The molecule has 0 saturated heterocycles. The SMILES string of the molecule is CCCCCCCCCCCOC(C)S. The smallest absolute Gasteiger partial charge is 0.0971 e. The topological polar surface area (TPSA) is 9.23 Å². The van der Waals surface area contributed by atoms with Gasteiger partial charge in [-0.15, -0.1) is 12.6 Å². The third-order valence-corrected chi connectivity index (χ3v) is 2.76. The fraction of sp³-hybridized carbons (Fsp3) is 1.00. The van der Waals surface area contributed by atoms with Crippen LogP contribution >= 0.6 is 12.6 Å². The molecule has 0 aliphatic rings. The number of rotatable bonds is 11. The van der Waals surface area contributed by atoms with E-state index in [0.717, 1.165) is 6.61 Å². The van der Waals surface area contributed by atoms with Crippen LogP contribution in [0.25, 0.3) is 0 Å². The van der Waals surface area contributed by atoms with E-state index >= 15 is 0 Å². The van der Waals surface area contributed by atoms with Crippen LogP contribution in [-0.4, -0.2) is 12.0 Å². The Morgan fingerprint density at radius 1 is 0.867 bits per heavy atom. The quantitative estimate of drug-likeness (QED) is 0.305. The molecule has 0 N–H and O–H groups in total. The van der Waals surface area contributed by atoms with E-state index in [1.54, 1.807) is 0 Å². The van der Waals surface area contributed by atoms with Gasteiger partial charge in [0.2, 0.25) is 0 Å². The van der Waals surface area contributed by atoms with E-state index in [1.165, 1.54) is 57.8 Å². The van der Waals surface area contributed by atoms with E-state index in [2.05, 4.69) is 19.6 Å². The van der Waals surface area contributed by atoms with Gasteiger partial charge in [-0.2, -0.15) is 0 Å². The maximum absolute atomic E-state index is 5.37. The van der Waals surface area contributed by atoms with Crippen LogP contribution < -0.4 is 0 Å². The average molecular weight is 232 g/mol. The highest BCUT2D eigenvalue weighted by molar-refractivity contribution is 7.80. The lowest BCUT2D eigenvalue weighted by molar-refractivity contribution is 0.121. The van der Waals surface area contributed by atoms with Crippen LogP contribution in [0.5, 0.6) is 0 Å². The molecule has 0 rings (SSSR count). The van der Waals surface area contributed by atoms with E-state index in [1.807, 2.05) is 6.92 Å². The fourth-order valence-electron chi connectivity index (χ4n) is 1.67. The summed E-state index contributed by atoms with van der Waals surface area (Å²) >= 11 is 4.17. The van der Waals surface area contributed by atoms with Crippen molar-refractivity contribution in [2.45, 2.75) is 77.1 Å². The average Bonchev–Trinajstić information content (AvgIpc) is 2.20. The standard InChI is InChI=1S/C13H28OS/c1-3-4-5-6-7-8-9-10-11-12-14-13(2)15/h13,15H,3-12H2,1-2H3. The number of thiol groups is 1. The molecular weight excluding hydrogens is 204 g/mol. The summed E-state index contributed by atoms with van der Waals surface area (Å²) in [5.41, 5.74) is 0.0963. The van der Waals surface area contributed by atoms with Crippen molar-refractivity contribution in [2.24, 2.45) is 0 Å². The highest BCUT2D eigenvalue weighted by atomic mass is 32.1. The molecule has 1 nitrogen and oxygen atoms in total. The summed E-state index contributed by atoms with van der Waals surface area (Å²) in [6.45, 7) is 5.11. The Hall–Kier alpha value is 0.310. The molecule has 0 aliphatic carbocycles. The van der Waals surface area contributed by atoms with Crippen molar-refractivity contribution in [3.8, 4) is 0 Å². The van der Waals surface area contributed by atoms with E-state index in [0.29, 0.717) is 0 Å². The Labute approximate surface area is 101 Å². The number of unbranched alkanes of at least 4 members (excludes halogenated alkanes) is 8. The third kappa shape index (κ3) is 14.3. The first kappa shape index (κ1) is 15.3. The van der Waals surface area contributed by atoms with Gasteiger partial charge in [0.25, 0.3) is 0 Å². The van der Waals surface area contributed by atoms with E-state index < -0.39 is 0 Å². The molecule has 0 aromatic rings. The Morgan fingerprint density at radius 2 is 1.33 bits per heavy atom. The molecule has 1 atom stereocenters. The largest absolute Gasteiger partial charge is 0.368 e. The molecule has 1 unspecified atom stereocenters. The van der Waals surface area contributed by atoms with Crippen molar-refractivity contribution in [1.82, 2.24) is 0 Å². The fourth-order valence-corrected chi connectivity index (χ4v) is 1.77. The predicted octanol–water partition coefficient (Wildman–Crippen LogP) is 4.81. The van der Waals surface area contributed by atoms with Crippen molar-refractivity contribution in [2.75, 3.05) is 6.61 Å². The van der Waals surface area contributed by atoms with Gasteiger partial charge in [0.1, 0.15) is 0 Å². The van der Waals surface area contributed by atoms with Crippen molar-refractivity contribution in [3.05, 3.63) is 0 Å². The second-order valence-electron chi connectivity index (χ2n) is 4.30. The van der Waals surface area contributed by atoms with Crippen LogP contribution in [0.2, 0.25) is 0 Å². The van der Waals surface area contributed by atoms with E-state index in [9.17, 15) is 0 Å². The molecule has 0 aromatic heterocycles. The zero-order valence-electron chi connectivity index (χ0n) is 10.5. The first-order chi connectivity index (χ1) is 7.27. The maximum Gasteiger partial charge on any atom is 0.0971 e. The zero-order valence-corrected chi connectivity index (χ0v) is 11.4. The van der Waals surface area contributed by atoms with Gasteiger partial charge >= 0.3 is 0 Å². The first-order valence-electron chi connectivity index (χ1n) is 6.57. The molecule has 0 aliphatic heterocycles. The summed E-state index contributed by atoms with van der Waals surface area (Å²) in [7, 11) is 0. The molecule has 0 amide bonds. The Bertz CT molecular complexity index is 115. The Morgan fingerprint density at radius 3 is 1.80 bits per heavy atom. The minimum Gasteiger partial charge on any atom is -0.368 e. The van der Waals surface area contributed by atoms with Gasteiger partial charge in [0, 0.05) is 6.61 Å². The van der Waals surface area contributed by atoms with Gasteiger partial charge in [-0.1, -0.05) is 58.3 Å². The Kier molecular flexibility index (Phi) is 12.6. The molecule has 15 heavy (non-hydrogen) atoms. The molecular formula is C13H28OS. The number of hydrogen-bond acceptors (Lipinski definition) is 2. The lowest BCUT2D eigenvalue weighted by Crippen LogP contribution is -2.00. The van der Waals surface area contributed by atoms with Crippen LogP contribution in [-0.2, 0) is 4.74 Å². The highest BCUT2D eigenvalue weighted by Gasteiger charge is 1.94. The van der Waals surface area contributed by atoms with Crippen LogP contribution in [0.4, 0.5) is 0 Å². The summed E-state index contributed by atoms with van der Waals surface area (Å²) in [4.78, 5) is 0. The van der Waals surface area contributed by atoms with Crippen molar-refractivity contribution in [1.29, 1.82) is 0 Å². The molecule has 0 bridgehead atoms. The molecule has 0 fully saturated rings. The van der Waals surface area contributed by atoms with Crippen LogP contribution in [0, 0.1) is 0 Å². The summed E-state index contributed by atoms with van der Waals surface area (Å²) < 4.78 is 5.37. The summed E-state index contributed by atoms with van der Waals surface area (Å²) in [6, 6.07) is 0. The van der Waals surface area contributed by atoms with Gasteiger partial charge < -0.3 is 4.74 Å². The summed E-state index contributed by atoms with van der Waals surface area (Å²) in [5, 5.41) is 0. The summed E-state index contributed by atoms with van der Waals surface area (Å²) in [5.74, 6) is 0. The van der Waals surface area contributed by atoms with E-state index in [-0.39, 0.29) is 5.44 Å². The second-order valence-corrected chi connectivity index (χ2v) is 5.03. The van der Waals surface area contributed by atoms with Gasteiger partial charge in [0.05, 0.1) is 5.44 Å². The monoisotopic (exact) mass is 232 g/mol. The number of ether oxygens (including phenoxy) is 1. The molecule has 0 radical (unpaired) electrons. The predicted molar refractivity (Wildman–Crippen MR) is 71.6 cm³/mol. The van der Waals surface area contributed by atoms with Gasteiger partial charge in [-0.3, -0.25) is 0 Å². The lowest BCUT2D eigenvalue weighted by Gasteiger charge is -2.06. The van der Waals surface area contributed by atoms with E-state index in [4.69, 9.17) is 4.74 Å². The minimum absolute atomic E-state index is 0.0963. The molecule has 0 aromatic carbocycles. The second kappa shape index (κ2) is 12.4. The van der Waals surface area contributed by atoms with Gasteiger partial charge in [-0.05, 0) is 13.3 Å². The zero-order chi connectivity index (χ0) is 11.4. The molecule has 0 spiro atoms. The third-order valence-electron chi connectivity index (χ3n) is 2.61. The normalized spacial score (nSPS) is 13.0. The van der Waals surface area contributed by atoms with Crippen LogP contribution in [0.15, 0.2) is 0 Å². The Balaban J connectivity index is 2.87. The van der Waals surface area contributed by atoms with Crippen LogP contribution in [0.1, 0.15) is 71.6 Å².